The van der Waals surface area contributed by atoms with Crippen LogP contribution in [0.25, 0.3) is 10.8 Å². The van der Waals surface area contributed by atoms with Gasteiger partial charge in [0, 0.05) is 11.4 Å². The minimum atomic E-state index is -1.21. The number of nitrogens with one attached hydrogen (secondary N) is 2. The van der Waals surface area contributed by atoms with E-state index in [0.717, 1.165) is 42.1 Å². The topological polar surface area (TPSA) is 87.4 Å². The Bertz CT molecular complexity index is 721. The molecule has 1 fully saturated rings. The van der Waals surface area contributed by atoms with Gasteiger partial charge in [-0.05, 0) is 30.2 Å². The largest absolute Gasteiger partial charge is 0.382 e. The van der Waals surface area contributed by atoms with Crippen LogP contribution in [-0.2, 0) is 4.79 Å². The van der Waals surface area contributed by atoms with Crippen LogP contribution in [0.1, 0.15) is 44.9 Å². The average molecular weight is 355 g/mol. The second-order valence-electron chi connectivity index (χ2n) is 7.27. The number of hydrogen-bond donors (Lipinski definition) is 4. The summed E-state index contributed by atoms with van der Waals surface area (Å²) in [4.78, 5) is 12.4. The van der Waals surface area contributed by atoms with E-state index in [9.17, 15) is 9.90 Å². The minimum absolute atomic E-state index is 0.202. The predicted molar refractivity (Wildman–Crippen MR) is 106 cm³/mol. The van der Waals surface area contributed by atoms with Crippen LogP contribution < -0.4 is 16.6 Å². The number of fused-ring (bicyclic) bond motifs is 1. The van der Waals surface area contributed by atoms with Crippen molar-refractivity contribution in [1.82, 2.24) is 5.43 Å². The molecule has 1 saturated carbocycles. The third kappa shape index (κ3) is 4.54. The molecule has 2 aromatic carbocycles. The lowest BCUT2D eigenvalue weighted by molar-refractivity contribution is -0.130. The van der Waals surface area contributed by atoms with Crippen molar-refractivity contribution in [3.05, 3.63) is 42.5 Å². The maximum absolute atomic E-state index is 12.4. The van der Waals surface area contributed by atoms with Crippen LogP contribution in [0.15, 0.2) is 42.5 Å². The molecule has 0 saturated heterocycles. The highest BCUT2D eigenvalue weighted by molar-refractivity contribution is 5.94. The summed E-state index contributed by atoms with van der Waals surface area (Å²) in [5.74, 6) is -0.277. The van der Waals surface area contributed by atoms with E-state index in [4.69, 9.17) is 5.73 Å². The zero-order valence-corrected chi connectivity index (χ0v) is 15.2. The van der Waals surface area contributed by atoms with Gasteiger partial charge in [0.25, 0.3) is 5.91 Å². The van der Waals surface area contributed by atoms with Gasteiger partial charge < -0.3 is 10.8 Å². The summed E-state index contributed by atoms with van der Waals surface area (Å²) < 4.78 is 0. The average Bonchev–Trinajstić information content (AvgIpc) is 2.64. The van der Waals surface area contributed by atoms with E-state index < -0.39 is 18.1 Å². The smallest absolute Gasteiger partial charge is 0.268 e. The molecular weight excluding hydrogens is 326 g/mol. The third-order valence-corrected chi connectivity index (χ3v) is 5.44. The Morgan fingerprint density at radius 1 is 1.00 bits per heavy atom. The second kappa shape index (κ2) is 9.01. The molecule has 0 bridgehead atoms. The van der Waals surface area contributed by atoms with Gasteiger partial charge in [0.1, 0.15) is 6.10 Å². The van der Waals surface area contributed by atoms with Crippen LogP contribution in [0, 0.1) is 5.92 Å². The maximum Gasteiger partial charge on any atom is 0.268 e. The summed E-state index contributed by atoms with van der Waals surface area (Å²) >= 11 is 0. The Hall–Kier alpha value is -2.11. The van der Waals surface area contributed by atoms with Crippen molar-refractivity contribution in [2.75, 3.05) is 5.43 Å². The van der Waals surface area contributed by atoms with Gasteiger partial charge in [-0.15, -0.1) is 0 Å². The summed E-state index contributed by atoms with van der Waals surface area (Å²) in [6, 6.07) is 13.2. The molecule has 0 heterocycles. The molecule has 5 heteroatoms. The molecule has 0 aromatic heterocycles. The Morgan fingerprint density at radius 3 is 2.42 bits per heavy atom. The summed E-state index contributed by atoms with van der Waals surface area (Å²) in [6.45, 7) is 0. The zero-order valence-electron chi connectivity index (χ0n) is 15.2. The quantitative estimate of drug-likeness (QED) is 0.620. The first-order chi connectivity index (χ1) is 12.7. The van der Waals surface area contributed by atoms with Gasteiger partial charge in [-0.25, -0.2) is 0 Å². The third-order valence-electron chi connectivity index (χ3n) is 5.44. The number of amides is 1. The Balaban J connectivity index is 1.59. The van der Waals surface area contributed by atoms with Crippen molar-refractivity contribution in [3.63, 3.8) is 0 Å². The van der Waals surface area contributed by atoms with Gasteiger partial charge in [-0.2, -0.15) is 0 Å². The first-order valence-electron chi connectivity index (χ1n) is 9.64. The fourth-order valence-corrected chi connectivity index (χ4v) is 3.84. The second-order valence-corrected chi connectivity index (χ2v) is 7.27. The number of nitrogens with two attached hydrogens (primary N) is 1. The Morgan fingerprint density at radius 2 is 1.65 bits per heavy atom. The highest BCUT2D eigenvalue weighted by atomic mass is 16.3. The van der Waals surface area contributed by atoms with Crippen molar-refractivity contribution in [2.45, 2.75) is 57.1 Å². The van der Waals surface area contributed by atoms with E-state index in [0.29, 0.717) is 0 Å². The van der Waals surface area contributed by atoms with Crippen LogP contribution in [0.2, 0.25) is 0 Å². The van der Waals surface area contributed by atoms with Crippen LogP contribution in [0.3, 0.4) is 0 Å². The molecule has 140 valence electrons. The number of hydrazine groups is 1. The van der Waals surface area contributed by atoms with Gasteiger partial charge in [0.2, 0.25) is 0 Å². The summed E-state index contributed by atoms with van der Waals surface area (Å²) in [5, 5.41) is 12.5. The minimum Gasteiger partial charge on any atom is -0.382 e. The fourth-order valence-electron chi connectivity index (χ4n) is 3.84. The van der Waals surface area contributed by atoms with Crippen molar-refractivity contribution < 1.29 is 9.90 Å². The van der Waals surface area contributed by atoms with E-state index >= 15 is 0 Å². The SMILES string of the molecule is N[C@H](C1CCCCCCC1)[C@H](O)C(=O)NNc1cccc2ccccc12. The lowest BCUT2D eigenvalue weighted by Gasteiger charge is -2.28. The molecule has 0 unspecified atom stereocenters. The highest BCUT2D eigenvalue weighted by Crippen LogP contribution is 2.26. The molecule has 0 spiro atoms. The number of aliphatic hydroxyl groups is 1. The van der Waals surface area contributed by atoms with E-state index in [1.807, 2.05) is 42.5 Å². The van der Waals surface area contributed by atoms with E-state index in [-0.39, 0.29) is 5.92 Å². The molecule has 1 aliphatic rings. The maximum atomic E-state index is 12.4. The van der Waals surface area contributed by atoms with Crippen LogP contribution in [-0.4, -0.2) is 23.2 Å². The van der Waals surface area contributed by atoms with Crippen LogP contribution in [0.4, 0.5) is 5.69 Å². The van der Waals surface area contributed by atoms with E-state index in [2.05, 4.69) is 10.9 Å². The summed E-state index contributed by atoms with van der Waals surface area (Å²) in [6.07, 6.45) is 6.73. The number of hydrogen-bond acceptors (Lipinski definition) is 4. The first-order valence-corrected chi connectivity index (χ1v) is 9.64. The van der Waals surface area contributed by atoms with Gasteiger partial charge >= 0.3 is 0 Å². The molecule has 26 heavy (non-hydrogen) atoms. The Kier molecular flexibility index (Phi) is 6.47. The molecule has 0 aliphatic heterocycles. The van der Waals surface area contributed by atoms with Crippen molar-refractivity contribution in [3.8, 4) is 0 Å². The molecule has 1 aliphatic carbocycles. The van der Waals surface area contributed by atoms with Crippen molar-refractivity contribution >= 4 is 22.4 Å². The monoisotopic (exact) mass is 355 g/mol. The zero-order chi connectivity index (χ0) is 18.4. The number of rotatable bonds is 5. The molecular formula is C21H29N3O2. The normalized spacial score (nSPS) is 18.5. The van der Waals surface area contributed by atoms with E-state index in [1.54, 1.807) is 0 Å². The molecule has 2 aromatic rings. The highest BCUT2D eigenvalue weighted by Gasteiger charge is 2.30. The fraction of sp³-hybridized carbons (Fsp3) is 0.476. The lowest BCUT2D eigenvalue weighted by Crippen LogP contribution is -2.51. The standard InChI is InChI=1S/C21H29N3O2/c22-19(16-10-4-2-1-3-5-11-16)20(25)21(26)24-23-18-14-8-12-15-9-6-7-13-17(15)18/h6-9,12-14,16,19-20,23,25H,1-5,10-11,22H2,(H,24,26)/t19-,20+/m1/s1. The predicted octanol–water partition coefficient (Wildman–Crippen LogP) is 3.33. The summed E-state index contributed by atoms with van der Waals surface area (Å²) in [7, 11) is 0. The molecule has 0 radical (unpaired) electrons. The first kappa shape index (κ1) is 18.7. The van der Waals surface area contributed by atoms with Gasteiger partial charge in [0.05, 0.1) is 5.69 Å². The van der Waals surface area contributed by atoms with Crippen LogP contribution in [0.5, 0.6) is 0 Å². The molecule has 5 N–H and O–H groups in total. The van der Waals surface area contributed by atoms with Gasteiger partial charge in [-0.1, -0.05) is 68.5 Å². The Labute approximate surface area is 154 Å². The molecule has 3 rings (SSSR count). The number of aliphatic hydroxyl groups excluding tert-OH is 1. The van der Waals surface area contributed by atoms with Gasteiger partial charge in [0.15, 0.2) is 0 Å². The number of benzene rings is 2. The van der Waals surface area contributed by atoms with Gasteiger partial charge in [-0.3, -0.25) is 15.6 Å². The number of carbonyl (C=O) groups is 1. The van der Waals surface area contributed by atoms with Crippen LogP contribution >= 0.6 is 0 Å². The number of carbonyl (C=O) groups excluding carboxylic acids is 1. The van der Waals surface area contributed by atoms with Crippen molar-refractivity contribution in [2.24, 2.45) is 11.7 Å². The summed E-state index contributed by atoms with van der Waals surface area (Å²) in [5.41, 5.74) is 12.6. The molecule has 5 nitrogen and oxygen atoms in total. The molecule has 2 atom stereocenters. The lowest BCUT2D eigenvalue weighted by atomic mass is 9.84. The van der Waals surface area contributed by atoms with Crippen molar-refractivity contribution in [1.29, 1.82) is 0 Å². The molecule has 1 amide bonds. The number of anilines is 1. The van der Waals surface area contributed by atoms with E-state index in [1.165, 1.54) is 19.3 Å².